The number of benzene rings is 3. The number of nitrogen functional groups attached to an aromatic ring is 1. The third kappa shape index (κ3) is 4.62. The monoisotopic (exact) mass is 519 g/mol. The number of nitrogens with two attached hydrogens (primary N) is 1. The number of aromatic nitrogens is 1. The lowest BCUT2D eigenvalue weighted by atomic mass is 10.0. The highest BCUT2D eigenvalue weighted by Gasteiger charge is 2.35. The maximum Gasteiger partial charge on any atom is 0.250 e. The summed E-state index contributed by atoms with van der Waals surface area (Å²) in [5.41, 5.74) is 11.2. The Morgan fingerprint density at radius 1 is 0.971 bits per heavy atom. The summed E-state index contributed by atoms with van der Waals surface area (Å²) in [5.74, 6) is -0.350. The van der Waals surface area contributed by atoms with Gasteiger partial charge in [-0.1, -0.05) is 40.2 Å². The van der Waals surface area contributed by atoms with Gasteiger partial charge in [0.25, 0.3) is 5.91 Å². The van der Waals surface area contributed by atoms with E-state index in [9.17, 15) is 9.18 Å². The van der Waals surface area contributed by atoms with Gasteiger partial charge >= 0.3 is 0 Å². The molecule has 5 nitrogen and oxygen atoms in total. The lowest BCUT2D eigenvalue weighted by Gasteiger charge is -2.24. The topological polar surface area (TPSA) is 60.5 Å². The second-order valence-corrected chi connectivity index (χ2v) is 9.18. The Morgan fingerprint density at radius 2 is 1.68 bits per heavy atom. The zero-order chi connectivity index (χ0) is 23.7. The van der Waals surface area contributed by atoms with Crippen LogP contribution in [0.25, 0.3) is 16.8 Å². The summed E-state index contributed by atoms with van der Waals surface area (Å²) >= 11 is 3.47. The maximum atomic E-state index is 13.6. The van der Waals surface area contributed by atoms with Crippen LogP contribution >= 0.6 is 15.9 Å². The largest absolute Gasteiger partial charge is 0.399 e. The van der Waals surface area contributed by atoms with Crippen molar-refractivity contribution in [3.8, 4) is 16.8 Å². The molecule has 4 aromatic rings. The van der Waals surface area contributed by atoms with Crippen LogP contribution in [0.4, 0.5) is 10.1 Å². The highest BCUT2D eigenvalue weighted by atomic mass is 79.9. The number of anilines is 1. The Hall–Kier alpha value is -3.42. The maximum absolute atomic E-state index is 13.6. The SMILES string of the molecule is Nc1ccc(CCN2C(=O)CO[C@@H]2c2cn(-c3ccc(Br)cc3)cc2-c2ccc(F)cc2)cc1. The second kappa shape index (κ2) is 9.44. The van der Waals surface area contributed by atoms with Gasteiger partial charge in [0.2, 0.25) is 0 Å². The molecular weight excluding hydrogens is 497 g/mol. The molecule has 5 rings (SSSR count). The van der Waals surface area contributed by atoms with E-state index in [0.29, 0.717) is 18.7 Å². The number of amides is 1. The number of hydrogen-bond acceptors (Lipinski definition) is 3. The first-order valence-electron chi connectivity index (χ1n) is 11.0. The van der Waals surface area contributed by atoms with Crippen LogP contribution in [-0.2, 0) is 16.0 Å². The number of carbonyl (C=O) groups is 1. The fourth-order valence-electron chi connectivity index (χ4n) is 4.19. The van der Waals surface area contributed by atoms with E-state index in [1.165, 1.54) is 12.1 Å². The lowest BCUT2D eigenvalue weighted by molar-refractivity contribution is -0.128. The minimum absolute atomic E-state index is 0.0265. The van der Waals surface area contributed by atoms with Gasteiger partial charge in [0, 0.05) is 45.9 Å². The first kappa shape index (κ1) is 22.4. The average molecular weight is 520 g/mol. The Morgan fingerprint density at radius 3 is 2.38 bits per heavy atom. The Labute approximate surface area is 205 Å². The normalized spacial score (nSPS) is 15.8. The molecule has 2 N–H and O–H groups in total. The Balaban J connectivity index is 1.50. The standard InChI is InChI=1S/C27H23BrFN3O2/c28-20-5-11-23(12-6-20)31-15-24(19-3-7-21(29)8-4-19)25(16-31)27-32(26(33)17-34-27)14-13-18-1-9-22(30)10-2-18/h1-12,15-16,27H,13-14,17,30H2/t27-/m1/s1. The second-order valence-electron chi connectivity index (χ2n) is 8.26. The van der Waals surface area contributed by atoms with Crippen LogP contribution in [0.3, 0.4) is 0 Å². The lowest BCUT2D eigenvalue weighted by Crippen LogP contribution is -2.30. The summed E-state index contributed by atoms with van der Waals surface area (Å²) in [6.45, 7) is 0.540. The van der Waals surface area contributed by atoms with E-state index in [4.69, 9.17) is 10.5 Å². The minimum atomic E-state index is -0.530. The fourth-order valence-corrected chi connectivity index (χ4v) is 4.45. The van der Waals surface area contributed by atoms with Crippen LogP contribution in [0.15, 0.2) is 89.7 Å². The van der Waals surface area contributed by atoms with E-state index in [-0.39, 0.29) is 18.3 Å². The molecule has 0 radical (unpaired) electrons. The minimum Gasteiger partial charge on any atom is -0.399 e. The molecule has 1 aromatic heterocycles. The third-order valence-electron chi connectivity index (χ3n) is 5.99. The third-order valence-corrected chi connectivity index (χ3v) is 6.52. The molecule has 172 valence electrons. The molecular formula is C27H23BrFN3O2. The van der Waals surface area contributed by atoms with Gasteiger partial charge in [-0.3, -0.25) is 4.79 Å². The van der Waals surface area contributed by atoms with Crippen molar-refractivity contribution in [3.05, 3.63) is 107 Å². The van der Waals surface area contributed by atoms with Crippen molar-refractivity contribution >= 4 is 27.5 Å². The molecule has 0 aliphatic carbocycles. The average Bonchev–Trinajstić information content (AvgIpc) is 3.43. The van der Waals surface area contributed by atoms with Gasteiger partial charge in [-0.05, 0) is 66.1 Å². The first-order chi connectivity index (χ1) is 16.5. The molecule has 1 aliphatic heterocycles. The predicted molar refractivity (Wildman–Crippen MR) is 134 cm³/mol. The van der Waals surface area contributed by atoms with E-state index >= 15 is 0 Å². The van der Waals surface area contributed by atoms with Crippen LogP contribution in [0, 0.1) is 5.82 Å². The zero-order valence-corrected chi connectivity index (χ0v) is 19.9. The van der Waals surface area contributed by atoms with E-state index in [1.807, 2.05) is 65.5 Å². The number of halogens is 2. The molecule has 0 bridgehead atoms. The molecule has 0 saturated carbocycles. The van der Waals surface area contributed by atoms with Crippen LogP contribution in [-0.4, -0.2) is 28.5 Å². The molecule has 0 spiro atoms. The van der Waals surface area contributed by atoms with Gasteiger partial charge < -0.3 is 19.9 Å². The summed E-state index contributed by atoms with van der Waals surface area (Å²) in [6, 6.07) is 22.0. The van der Waals surface area contributed by atoms with Gasteiger partial charge in [0.05, 0.1) is 0 Å². The highest BCUT2D eigenvalue weighted by molar-refractivity contribution is 9.10. The molecule has 1 fully saturated rings. The highest BCUT2D eigenvalue weighted by Crippen LogP contribution is 2.37. The van der Waals surface area contributed by atoms with Crippen molar-refractivity contribution in [2.24, 2.45) is 0 Å². The van der Waals surface area contributed by atoms with Crippen LogP contribution in [0.5, 0.6) is 0 Å². The summed E-state index contributed by atoms with van der Waals surface area (Å²) in [5, 5.41) is 0. The zero-order valence-electron chi connectivity index (χ0n) is 18.3. The molecule has 3 aromatic carbocycles. The molecule has 1 atom stereocenters. The van der Waals surface area contributed by atoms with Crippen molar-refractivity contribution in [1.29, 1.82) is 0 Å². The number of hydrogen-bond donors (Lipinski definition) is 1. The van der Waals surface area contributed by atoms with Gasteiger partial charge in [-0.15, -0.1) is 0 Å². The summed E-state index contributed by atoms with van der Waals surface area (Å²) in [6.07, 6.45) is 4.14. The number of carbonyl (C=O) groups excluding carboxylic acids is 1. The van der Waals surface area contributed by atoms with E-state index in [0.717, 1.165) is 32.4 Å². The summed E-state index contributed by atoms with van der Waals surface area (Å²) in [4.78, 5) is 14.5. The molecule has 34 heavy (non-hydrogen) atoms. The van der Waals surface area contributed by atoms with Crippen molar-refractivity contribution in [3.63, 3.8) is 0 Å². The molecule has 1 amide bonds. The van der Waals surface area contributed by atoms with Crippen LogP contribution in [0.2, 0.25) is 0 Å². The van der Waals surface area contributed by atoms with Gasteiger partial charge in [-0.25, -0.2) is 4.39 Å². The van der Waals surface area contributed by atoms with Gasteiger partial charge in [-0.2, -0.15) is 0 Å². The Bertz CT molecular complexity index is 1300. The molecule has 1 aliphatic rings. The van der Waals surface area contributed by atoms with Crippen molar-refractivity contribution in [1.82, 2.24) is 9.47 Å². The van der Waals surface area contributed by atoms with Gasteiger partial charge in [0.15, 0.2) is 6.23 Å². The first-order valence-corrected chi connectivity index (χ1v) is 11.8. The number of ether oxygens (including phenoxy) is 1. The van der Waals surface area contributed by atoms with Crippen molar-refractivity contribution in [2.45, 2.75) is 12.6 Å². The number of nitrogens with zero attached hydrogens (tertiary/aromatic N) is 2. The molecule has 0 unspecified atom stereocenters. The fraction of sp³-hybridized carbons (Fsp3) is 0.148. The van der Waals surface area contributed by atoms with Crippen LogP contribution < -0.4 is 5.73 Å². The molecule has 2 heterocycles. The number of rotatable bonds is 6. The quantitative estimate of drug-likeness (QED) is 0.331. The van der Waals surface area contributed by atoms with Crippen molar-refractivity contribution < 1.29 is 13.9 Å². The Kier molecular flexibility index (Phi) is 6.22. The van der Waals surface area contributed by atoms with Crippen molar-refractivity contribution in [2.75, 3.05) is 18.9 Å². The van der Waals surface area contributed by atoms with Gasteiger partial charge in [0.1, 0.15) is 12.4 Å². The molecule has 7 heteroatoms. The summed E-state index contributed by atoms with van der Waals surface area (Å²) in [7, 11) is 0. The van der Waals surface area contributed by atoms with Crippen LogP contribution in [0.1, 0.15) is 17.4 Å². The predicted octanol–water partition coefficient (Wildman–Crippen LogP) is 5.73. The van der Waals surface area contributed by atoms with E-state index in [1.54, 1.807) is 17.0 Å². The molecule has 1 saturated heterocycles. The van der Waals surface area contributed by atoms with E-state index in [2.05, 4.69) is 15.9 Å². The smallest absolute Gasteiger partial charge is 0.250 e. The summed E-state index contributed by atoms with van der Waals surface area (Å²) < 4.78 is 22.6. The van der Waals surface area contributed by atoms with E-state index < -0.39 is 6.23 Å².